The topological polar surface area (TPSA) is 61.4 Å². The number of rotatable bonds is 4. The first-order valence-corrected chi connectivity index (χ1v) is 8.44. The van der Waals surface area contributed by atoms with Gasteiger partial charge in [0.15, 0.2) is 5.69 Å². The molecule has 0 bridgehead atoms. The van der Waals surface area contributed by atoms with Gasteiger partial charge in [-0.1, -0.05) is 6.07 Å². The molecule has 6 nitrogen and oxygen atoms in total. The number of carbonyl (C=O) groups is 1. The molecule has 0 fully saturated rings. The zero-order valence-corrected chi connectivity index (χ0v) is 13.7. The number of aromatic nitrogens is 4. The molecule has 0 unspecified atom stereocenters. The Morgan fingerprint density at radius 3 is 3.00 bits per heavy atom. The zero-order chi connectivity index (χ0) is 16.5. The molecule has 0 aromatic carbocycles. The van der Waals surface area contributed by atoms with Gasteiger partial charge in [0.05, 0.1) is 18.8 Å². The average Bonchev–Trinajstić information content (AvgIpc) is 3.17. The predicted molar refractivity (Wildman–Crippen MR) is 89.1 cm³/mol. The van der Waals surface area contributed by atoms with E-state index in [1.165, 1.54) is 0 Å². The molecule has 1 aliphatic carbocycles. The van der Waals surface area contributed by atoms with Crippen molar-refractivity contribution in [2.24, 2.45) is 0 Å². The second-order valence-electron chi connectivity index (χ2n) is 6.06. The fourth-order valence-corrected chi connectivity index (χ4v) is 3.38. The lowest BCUT2D eigenvalue weighted by Gasteiger charge is -2.13. The molecular formula is C18H20N4O2. The molecule has 124 valence electrons. The number of ether oxygens (including phenoxy) is 1. The molecule has 24 heavy (non-hydrogen) atoms. The van der Waals surface area contributed by atoms with E-state index in [2.05, 4.69) is 10.1 Å². The fourth-order valence-electron chi connectivity index (χ4n) is 3.38. The van der Waals surface area contributed by atoms with E-state index in [1.54, 1.807) is 0 Å². The van der Waals surface area contributed by atoms with E-state index in [9.17, 15) is 4.79 Å². The number of fused-ring (bicyclic) bond motifs is 2. The molecule has 3 aromatic heterocycles. The summed E-state index contributed by atoms with van der Waals surface area (Å²) < 4.78 is 9.10. The van der Waals surface area contributed by atoms with E-state index in [-0.39, 0.29) is 5.97 Å². The van der Waals surface area contributed by atoms with Crippen LogP contribution in [0, 0.1) is 0 Å². The predicted octanol–water partition coefficient (Wildman–Crippen LogP) is 2.63. The third-order valence-electron chi connectivity index (χ3n) is 4.45. The first-order valence-electron chi connectivity index (χ1n) is 8.44. The van der Waals surface area contributed by atoms with Crippen LogP contribution in [-0.4, -0.2) is 31.7 Å². The molecule has 6 heteroatoms. The molecule has 3 aromatic rings. The Labute approximate surface area is 140 Å². The van der Waals surface area contributed by atoms with Gasteiger partial charge in [0.25, 0.3) is 0 Å². The van der Waals surface area contributed by atoms with Gasteiger partial charge < -0.3 is 9.14 Å². The molecule has 4 rings (SSSR count). The summed E-state index contributed by atoms with van der Waals surface area (Å²) in [5, 5.41) is 4.57. The van der Waals surface area contributed by atoms with Crippen molar-refractivity contribution < 1.29 is 9.53 Å². The molecule has 0 radical (unpaired) electrons. The maximum atomic E-state index is 12.2. The summed E-state index contributed by atoms with van der Waals surface area (Å²) in [4.78, 5) is 16.8. The number of hydrogen-bond acceptors (Lipinski definition) is 4. The maximum Gasteiger partial charge on any atom is 0.359 e. The van der Waals surface area contributed by atoms with Crippen molar-refractivity contribution >= 4 is 11.6 Å². The summed E-state index contributed by atoms with van der Waals surface area (Å²) >= 11 is 0. The third kappa shape index (κ3) is 2.58. The van der Waals surface area contributed by atoms with Crippen LogP contribution in [0.1, 0.15) is 47.2 Å². The summed E-state index contributed by atoms with van der Waals surface area (Å²) in [5.41, 5.74) is 4.55. The molecular weight excluding hydrogens is 304 g/mol. The van der Waals surface area contributed by atoms with E-state index in [4.69, 9.17) is 4.74 Å². The van der Waals surface area contributed by atoms with Crippen molar-refractivity contribution in [3.05, 3.63) is 53.2 Å². The lowest BCUT2D eigenvalue weighted by atomic mass is 9.95. The van der Waals surface area contributed by atoms with Crippen molar-refractivity contribution in [2.75, 3.05) is 6.61 Å². The van der Waals surface area contributed by atoms with Crippen LogP contribution < -0.4 is 0 Å². The van der Waals surface area contributed by atoms with E-state index in [1.807, 2.05) is 46.6 Å². The number of pyridine rings is 1. The molecule has 0 saturated heterocycles. The highest BCUT2D eigenvalue weighted by Gasteiger charge is 2.26. The largest absolute Gasteiger partial charge is 0.461 e. The monoisotopic (exact) mass is 324 g/mol. The highest BCUT2D eigenvalue weighted by molar-refractivity contribution is 5.89. The molecule has 1 aliphatic rings. The van der Waals surface area contributed by atoms with Crippen LogP contribution in [0.3, 0.4) is 0 Å². The van der Waals surface area contributed by atoms with Crippen molar-refractivity contribution in [1.82, 2.24) is 19.2 Å². The maximum absolute atomic E-state index is 12.2. The van der Waals surface area contributed by atoms with Gasteiger partial charge in [0.2, 0.25) is 0 Å². The summed E-state index contributed by atoms with van der Waals surface area (Å²) in [6, 6.07) is 5.93. The molecule has 0 amide bonds. The van der Waals surface area contributed by atoms with Gasteiger partial charge >= 0.3 is 5.97 Å². The lowest BCUT2D eigenvalue weighted by Crippen LogP contribution is -2.10. The Bertz CT molecular complexity index is 861. The molecule has 0 atom stereocenters. The zero-order valence-electron chi connectivity index (χ0n) is 13.7. The molecule has 0 spiro atoms. The van der Waals surface area contributed by atoms with Gasteiger partial charge in [-0.15, -0.1) is 0 Å². The highest BCUT2D eigenvalue weighted by atomic mass is 16.5. The smallest absolute Gasteiger partial charge is 0.359 e. The van der Waals surface area contributed by atoms with Crippen LogP contribution in [0.25, 0.3) is 5.65 Å². The van der Waals surface area contributed by atoms with Crippen LogP contribution >= 0.6 is 0 Å². The number of nitrogens with zero attached hydrogens (tertiary/aromatic N) is 4. The normalized spacial score (nSPS) is 13.9. The lowest BCUT2D eigenvalue weighted by molar-refractivity contribution is 0.0517. The van der Waals surface area contributed by atoms with E-state index >= 15 is 0 Å². The molecule has 0 N–H and O–H groups in total. The van der Waals surface area contributed by atoms with Crippen LogP contribution in [0.15, 0.2) is 30.6 Å². The molecule has 0 saturated carbocycles. The van der Waals surface area contributed by atoms with E-state index in [0.717, 1.165) is 48.3 Å². The van der Waals surface area contributed by atoms with Crippen molar-refractivity contribution in [3.8, 4) is 0 Å². The van der Waals surface area contributed by atoms with Crippen molar-refractivity contribution in [3.63, 3.8) is 0 Å². The Kier molecular flexibility index (Phi) is 3.80. The number of esters is 1. The summed E-state index contributed by atoms with van der Waals surface area (Å²) in [5.74, 6) is -0.315. The van der Waals surface area contributed by atoms with Gasteiger partial charge in [0.1, 0.15) is 5.65 Å². The molecule has 0 aliphatic heterocycles. The van der Waals surface area contributed by atoms with Gasteiger partial charge in [-0.3, -0.25) is 4.68 Å². The minimum atomic E-state index is -0.315. The number of carbonyl (C=O) groups excluding carboxylic acids is 1. The third-order valence-corrected chi connectivity index (χ3v) is 4.45. The Morgan fingerprint density at radius 2 is 2.17 bits per heavy atom. The SMILES string of the molecule is CCOC(=O)c1nn(Cc2cn3ccccc3n2)c2c1CCCC2. The van der Waals surface area contributed by atoms with E-state index < -0.39 is 0 Å². The number of hydrogen-bond donors (Lipinski definition) is 0. The van der Waals surface area contributed by atoms with Crippen LogP contribution in [0.2, 0.25) is 0 Å². The second-order valence-corrected chi connectivity index (χ2v) is 6.06. The molecule has 3 heterocycles. The minimum Gasteiger partial charge on any atom is -0.461 e. The van der Waals surface area contributed by atoms with Gasteiger partial charge in [-0.2, -0.15) is 5.10 Å². The Morgan fingerprint density at radius 1 is 1.29 bits per heavy atom. The summed E-state index contributed by atoms with van der Waals surface area (Å²) in [7, 11) is 0. The van der Waals surface area contributed by atoms with Gasteiger partial charge in [-0.25, -0.2) is 9.78 Å². The van der Waals surface area contributed by atoms with Gasteiger partial charge in [0, 0.05) is 23.7 Å². The average molecular weight is 324 g/mol. The standard InChI is InChI=1S/C18H20N4O2/c1-2-24-18(23)17-14-7-3-4-8-15(14)22(20-17)12-13-11-21-10-6-5-9-16(21)19-13/h5-6,9-11H,2-4,7-8,12H2,1H3. The fraction of sp³-hybridized carbons (Fsp3) is 0.389. The summed E-state index contributed by atoms with van der Waals surface area (Å²) in [6.45, 7) is 2.76. The Balaban J connectivity index is 1.70. The van der Waals surface area contributed by atoms with Crippen molar-refractivity contribution in [2.45, 2.75) is 39.2 Å². The van der Waals surface area contributed by atoms with Gasteiger partial charge in [-0.05, 0) is 44.7 Å². The highest BCUT2D eigenvalue weighted by Crippen LogP contribution is 2.25. The quantitative estimate of drug-likeness (QED) is 0.692. The van der Waals surface area contributed by atoms with Crippen LogP contribution in [0.4, 0.5) is 0 Å². The minimum absolute atomic E-state index is 0.315. The first kappa shape index (κ1) is 14.9. The van der Waals surface area contributed by atoms with E-state index in [0.29, 0.717) is 18.8 Å². The second kappa shape index (κ2) is 6.11. The number of imidazole rings is 1. The summed E-state index contributed by atoms with van der Waals surface area (Å²) in [6.07, 6.45) is 8.07. The van der Waals surface area contributed by atoms with Crippen LogP contribution in [-0.2, 0) is 24.1 Å². The first-order chi connectivity index (χ1) is 11.8. The Hall–Kier alpha value is -2.63. The van der Waals surface area contributed by atoms with Crippen molar-refractivity contribution in [1.29, 1.82) is 0 Å². The van der Waals surface area contributed by atoms with Crippen LogP contribution in [0.5, 0.6) is 0 Å².